The van der Waals surface area contributed by atoms with E-state index >= 15 is 0 Å². The normalized spacial score (nSPS) is 26.0. The molecule has 140 valence electrons. The van der Waals surface area contributed by atoms with E-state index in [1.54, 1.807) is 17.9 Å². The Labute approximate surface area is 158 Å². The zero-order valence-electron chi connectivity index (χ0n) is 15.1. The molecule has 0 aromatic heterocycles. The smallest absolute Gasteiger partial charge is 0.258 e. The van der Waals surface area contributed by atoms with Gasteiger partial charge in [0.05, 0.1) is 16.0 Å². The van der Waals surface area contributed by atoms with E-state index in [-0.39, 0.29) is 16.5 Å². The van der Waals surface area contributed by atoms with Crippen LogP contribution in [0.1, 0.15) is 48.0 Å². The topological polar surface area (TPSA) is 40.6 Å². The second kappa shape index (κ2) is 6.52. The Morgan fingerprint density at radius 1 is 1.31 bits per heavy atom. The van der Waals surface area contributed by atoms with Gasteiger partial charge in [-0.05, 0) is 56.6 Å². The molecule has 1 aliphatic carbocycles. The summed E-state index contributed by atoms with van der Waals surface area (Å²) in [4.78, 5) is 29.6. The highest BCUT2D eigenvalue weighted by Gasteiger charge is 2.50. The number of hydrogen-bond acceptors (Lipinski definition) is 2. The van der Waals surface area contributed by atoms with Gasteiger partial charge in [-0.3, -0.25) is 9.59 Å². The van der Waals surface area contributed by atoms with Crippen LogP contribution in [0.15, 0.2) is 12.1 Å². The second-order valence-corrected chi connectivity index (χ2v) is 8.49. The van der Waals surface area contributed by atoms with Crippen LogP contribution in [0.2, 0.25) is 5.02 Å². The van der Waals surface area contributed by atoms with E-state index in [1.807, 2.05) is 4.90 Å². The molecule has 2 aliphatic heterocycles. The molecule has 3 fully saturated rings. The molecule has 26 heavy (non-hydrogen) atoms. The van der Waals surface area contributed by atoms with Crippen molar-refractivity contribution in [3.63, 3.8) is 0 Å². The maximum atomic E-state index is 14.3. The van der Waals surface area contributed by atoms with Crippen LogP contribution in [0.4, 0.5) is 4.39 Å². The molecule has 2 saturated heterocycles. The van der Waals surface area contributed by atoms with Gasteiger partial charge in [-0.1, -0.05) is 17.7 Å². The Kier molecular flexibility index (Phi) is 4.46. The minimum Gasteiger partial charge on any atom is -0.342 e. The van der Waals surface area contributed by atoms with Crippen LogP contribution in [0.5, 0.6) is 0 Å². The highest BCUT2D eigenvalue weighted by molar-refractivity contribution is 6.34. The molecule has 2 amide bonds. The SMILES string of the molecule is Cc1ccc(F)c(C(=O)N2CC[C@]3(CCCN(CC4CC4)C3=O)C2)c1Cl. The van der Waals surface area contributed by atoms with E-state index in [9.17, 15) is 14.0 Å². The number of benzene rings is 1. The van der Waals surface area contributed by atoms with E-state index in [2.05, 4.69) is 0 Å². The van der Waals surface area contributed by atoms with Crippen molar-refractivity contribution in [2.24, 2.45) is 11.3 Å². The second-order valence-electron chi connectivity index (χ2n) is 8.11. The van der Waals surface area contributed by atoms with Crippen LogP contribution in [0, 0.1) is 24.1 Å². The summed E-state index contributed by atoms with van der Waals surface area (Å²) in [6.45, 7) is 4.28. The third-order valence-electron chi connectivity index (χ3n) is 6.14. The molecule has 0 unspecified atom stereocenters. The Morgan fingerprint density at radius 3 is 2.81 bits per heavy atom. The average Bonchev–Trinajstić information content (AvgIpc) is 3.33. The van der Waals surface area contributed by atoms with Crippen LogP contribution in [0.3, 0.4) is 0 Å². The first-order chi connectivity index (χ1) is 12.4. The molecule has 0 radical (unpaired) electrons. The molecule has 4 rings (SSSR count). The Bertz CT molecular complexity index is 764. The molecule has 1 spiro atoms. The summed E-state index contributed by atoms with van der Waals surface area (Å²) in [5, 5.41) is 0.168. The van der Waals surface area contributed by atoms with Crippen molar-refractivity contribution < 1.29 is 14.0 Å². The molecule has 0 N–H and O–H groups in total. The summed E-state index contributed by atoms with van der Waals surface area (Å²) in [5.74, 6) is -0.160. The molecule has 4 nitrogen and oxygen atoms in total. The van der Waals surface area contributed by atoms with Crippen molar-refractivity contribution >= 4 is 23.4 Å². The molecule has 1 aromatic rings. The van der Waals surface area contributed by atoms with Crippen molar-refractivity contribution in [3.8, 4) is 0 Å². The molecule has 1 aromatic carbocycles. The first-order valence-electron chi connectivity index (χ1n) is 9.44. The van der Waals surface area contributed by atoms with Gasteiger partial charge in [-0.2, -0.15) is 0 Å². The molecule has 2 heterocycles. The first-order valence-corrected chi connectivity index (χ1v) is 9.82. The fourth-order valence-corrected chi connectivity index (χ4v) is 4.61. The highest BCUT2D eigenvalue weighted by atomic mass is 35.5. The molecular formula is C20H24ClFN2O2. The number of carbonyl (C=O) groups is 2. The molecule has 0 bridgehead atoms. The highest BCUT2D eigenvalue weighted by Crippen LogP contribution is 2.42. The number of aryl methyl sites for hydroxylation is 1. The lowest BCUT2D eigenvalue weighted by atomic mass is 9.78. The molecule has 1 atom stereocenters. The van der Waals surface area contributed by atoms with Crippen molar-refractivity contribution in [1.29, 1.82) is 0 Å². The number of amides is 2. The van der Waals surface area contributed by atoms with E-state index in [0.29, 0.717) is 31.0 Å². The standard InChI is InChI=1S/C20H24ClFN2O2/c1-13-3-6-15(22)16(17(13)21)18(25)24-10-8-20(12-24)7-2-9-23(19(20)26)11-14-4-5-14/h3,6,14H,2,4-5,7-12H2,1H3/t20-/m1/s1. The van der Waals surface area contributed by atoms with Crippen LogP contribution in [0.25, 0.3) is 0 Å². The number of rotatable bonds is 3. The van der Waals surface area contributed by atoms with Crippen molar-refractivity contribution in [1.82, 2.24) is 9.80 Å². The fourth-order valence-electron chi connectivity index (χ4n) is 4.37. The number of halogens is 2. The molecule has 3 aliphatic rings. The summed E-state index contributed by atoms with van der Waals surface area (Å²) < 4.78 is 14.3. The van der Waals surface area contributed by atoms with Crippen LogP contribution in [-0.2, 0) is 4.79 Å². The van der Waals surface area contributed by atoms with Crippen molar-refractivity contribution in [2.45, 2.75) is 39.0 Å². The van der Waals surface area contributed by atoms with Crippen LogP contribution in [-0.4, -0.2) is 47.8 Å². The largest absolute Gasteiger partial charge is 0.342 e. The van der Waals surface area contributed by atoms with E-state index < -0.39 is 17.1 Å². The number of hydrogen-bond donors (Lipinski definition) is 0. The van der Waals surface area contributed by atoms with E-state index in [0.717, 1.165) is 25.9 Å². The number of nitrogens with zero attached hydrogens (tertiary/aromatic N) is 2. The number of piperidine rings is 1. The quantitative estimate of drug-likeness (QED) is 0.805. The van der Waals surface area contributed by atoms with Crippen molar-refractivity contribution in [3.05, 3.63) is 34.1 Å². The monoisotopic (exact) mass is 378 g/mol. The minimum absolute atomic E-state index is 0.0678. The van der Waals surface area contributed by atoms with Crippen LogP contribution < -0.4 is 0 Å². The summed E-state index contributed by atoms with van der Waals surface area (Å²) in [6.07, 6.45) is 4.86. The predicted molar refractivity (Wildman–Crippen MR) is 97.6 cm³/mol. The first kappa shape index (κ1) is 17.8. The maximum absolute atomic E-state index is 14.3. The lowest BCUT2D eigenvalue weighted by Crippen LogP contribution is -2.51. The van der Waals surface area contributed by atoms with Gasteiger partial charge in [0.1, 0.15) is 5.82 Å². The zero-order chi connectivity index (χ0) is 18.5. The van der Waals surface area contributed by atoms with Gasteiger partial charge in [0.25, 0.3) is 5.91 Å². The molecule has 6 heteroatoms. The van der Waals surface area contributed by atoms with E-state index in [4.69, 9.17) is 11.6 Å². The van der Waals surface area contributed by atoms with Gasteiger partial charge >= 0.3 is 0 Å². The third kappa shape index (κ3) is 3.00. The summed E-state index contributed by atoms with van der Waals surface area (Å²) in [5.41, 5.74) is 0.117. The molecule has 1 saturated carbocycles. The Morgan fingerprint density at radius 2 is 2.08 bits per heavy atom. The lowest BCUT2D eigenvalue weighted by Gasteiger charge is -2.39. The third-order valence-corrected chi connectivity index (χ3v) is 6.63. The van der Waals surface area contributed by atoms with Crippen LogP contribution >= 0.6 is 11.6 Å². The van der Waals surface area contributed by atoms with Gasteiger partial charge in [0.2, 0.25) is 5.91 Å². The summed E-state index contributed by atoms with van der Waals surface area (Å²) >= 11 is 6.20. The summed E-state index contributed by atoms with van der Waals surface area (Å²) in [7, 11) is 0. The predicted octanol–water partition coefficient (Wildman–Crippen LogP) is 3.65. The Balaban J connectivity index is 1.53. The Hall–Kier alpha value is -1.62. The average molecular weight is 379 g/mol. The van der Waals surface area contributed by atoms with E-state index in [1.165, 1.54) is 18.9 Å². The van der Waals surface area contributed by atoms with Crippen molar-refractivity contribution in [2.75, 3.05) is 26.2 Å². The van der Waals surface area contributed by atoms with Gasteiger partial charge in [0, 0.05) is 26.2 Å². The maximum Gasteiger partial charge on any atom is 0.258 e. The van der Waals surface area contributed by atoms with Gasteiger partial charge in [0.15, 0.2) is 0 Å². The van der Waals surface area contributed by atoms with Gasteiger partial charge in [-0.25, -0.2) is 4.39 Å². The number of carbonyl (C=O) groups excluding carboxylic acids is 2. The fraction of sp³-hybridized carbons (Fsp3) is 0.600. The minimum atomic E-state index is -0.600. The lowest BCUT2D eigenvalue weighted by molar-refractivity contribution is -0.145. The zero-order valence-corrected chi connectivity index (χ0v) is 15.8. The van der Waals surface area contributed by atoms with Gasteiger partial charge < -0.3 is 9.80 Å². The van der Waals surface area contributed by atoms with Gasteiger partial charge in [-0.15, -0.1) is 0 Å². The number of likely N-dealkylation sites (tertiary alicyclic amines) is 2. The summed E-state index contributed by atoms with van der Waals surface area (Å²) in [6, 6.07) is 2.85. The molecular weight excluding hydrogens is 355 g/mol.